The highest BCUT2D eigenvalue weighted by Crippen LogP contribution is 2.27. The molecule has 2 rings (SSSR count). The fraction of sp³-hybridized carbons (Fsp3) is 0.200. The van der Waals surface area contributed by atoms with Crippen LogP contribution in [0.25, 0.3) is 0 Å². The summed E-state index contributed by atoms with van der Waals surface area (Å²) in [5.41, 5.74) is 2.40. The molecule has 0 aliphatic rings. The molecule has 0 aliphatic heterocycles. The van der Waals surface area contributed by atoms with E-state index in [1.165, 1.54) is 6.07 Å². The average molecular weight is 324 g/mol. The molecule has 2 aromatic carbocycles. The molecule has 0 amide bonds. The summed E-state index contributed by atoms with van der Waals surface area (Å²) < 4.78 is 14.6. The van der Waals surface area contributed by atoms with E-state index >= 15 is 0 Å². The quantitative estimate of drug-likeness (QED) is 0.797. The van der Waals surface area contributed by atoms with Crippen LogP contribution in [0.1, 0.15) is 24.1 Å². The fourth-order valence-electron chi connectivity index (χ4n) is 1.97. The van der Waals surface area contributed by atoms with Gasteiger partial charge in [0.05, 0.1) is 6.04 Å². The van der Waals surface area contributed by atoms with E-state index in [9.17, 15) is 9.50 Å². The Kier molecular flexibility index (Phi) is 4.10. The lowest BCUT2D eigenvalue weighted by molar-refractivity contribution is 0.475. The summed E-state index contributed by atoms with van der Waals surface area (Å²) in [7, 11) is 0. The predicted molar refractivity (Wildman–Crippen MR) is 79.0 cm³/mol. The minimum atomic E-state index is -0.236. The van der Waals surface area contributed by atoms with Gasteiger partial charge >= 0.3 is 0 Å². The molecule has 4 heteroatoms. The number of halogens is 2. The lowest BCUT2D eigenvalue weighted by atomic mass is 10.1. The summed E-state index contributed by atoms with van der Waals surface area (Å²) >= 11 is 3.35. The predicted octanol–water partition coefficient (Wildman–Crippen LogP) is 4.78. The van der Waals surface area contributed by atoms with Gasteiger partial charge in [0.15, 0.2) is 0 Å². The maximum atomic E-state index is 13.8. The van der Waals surface area contributed by atoms with Crippen molar-refractivity contribution in [2.45, 2.75) is 19.9 Å². The van der Waals surface area contributed by atoms with Crippen LogP contribution in [-0.4, -0.2) is 5.11 Å². The van der Waals surface area contributed by atoms with E-state index in [1.807, 2.05) is 13.8 Å². The van der Waals surface area contributed by atoms with Crippen molar-refractivity contribution in [3.63, 3.8) is 0 Å². The normalized spacial score (nSPS) is 12.2. The van der Waals surface area contributed by atoms with Crippen LogP contribution in [0.3, 0.4) is 0 Å². The Morgan fingerprint density at radius 2 is 1.95 bits per heavy atom. The van der Waals surface area contributed by atoms with Crippen LogP contribution in [0.4, 0.5) is 10.1 Å². The number of nitrogens with one attached hydrogen (secondary N) is 1. The monoisotopic (exact) mass is 323 g/mol. The summed E-state index contributed by atoms with van der Waals surface area (Å²) in [4.78, 5) is 0. The van der Waals surface area contributed by atoms with Crippen molar-refractivity contribution in [2.75, 3.05) is 5.32 Å². The summed E-state index contributed by atoms with van der Waals surface area (Å²) in [6, 6.07) is 9.80. The van der Waals surface area contributed by atoms with Gasteiger partial charge in [0.1, 0.15) is 11.6 Å². The molecule has 0 saturated carbocycles. The summed E-state index contributed by atoms with van der Waals surface area (Å²) in [5, 5.41) is 12.6. The molecule has 0 bridgehead atoms. The van der Waals surface area contributed by atoms with Crippen LogP contribution in [-0.2, 0) is 0 Å². The zero-order chi connectivity index (χ0) is 14.0. The van der Waals surface area contributed by atoms with Crippen LogP contribution < -0.4 is 5.32 Å². The molecule has 100 valence electrons. The van der Waals surface area contributed by atoms with E-state index in [-0.39, 0.29) is 17.6 Å². The fourth-order valence-corrected chi connectivity index (χ4v) is 2.35. The van der Waals surface area contributed by atoms with Gasteiger partial charge in [-0.05, 0) is 55.8 Å². The maximum Gasteiger partial charge on any atom is 0.128 e. The smallest absolute Gasteiger partial charge is 0.128 e. The molecule has 2 N–H and O–H groups in total. The van der Waals surface area contributed by atoms with Gasteiger partial charge in [-0.25, -0.2) is 4.39 Å². The molecule has 2 nitrogen and oxygen atoms in total. The van der Waals surface area contributed by atoms with Gasteiger partial charge in [-0.1, -0.05) is 15.9 Å². The Labute approximate surface area is 120 Å². The largest absolute Gasteiger partial charge is 0.508 e. The van der Waals surface area contributed by atoms with Gasteiger partial charge in [0.25, 0.3) is 0 Å². The van der Waals surface area contributed by atoms with Crippen molar-refractivity contribution in [1.29, 1.82) is 0 Å². The number of rotatable bonds is 3. The number of phenolic OH excluding ortho intramolecular Hbond substituents is 1. The van der Waals surface area contributed by atoms with Gasteiger partial charge in [0.2, 0.25) is 0 Å². The van der Waals surface area contributed by atoms with Crippen LogP contribution in [0, 0.1) is 12.7 Å². The van der Waals surface area contributed by atoms with E-state index in [0.717, 1.165) is 15.7 Å². The number of aromatic hydroxyl groups is 1. The van der Waals surface area contributed by atoms with Crippen molar-refractivity contribution in [1.82, 2.24) is 0 Å². The number of hydrogen-bond donors (Lipinski definition) is 2. The van der Waals surface area contributed by atoms with Crippen molar-refractivity contribution in [3.8, 4) is 5.75 Å². The Bertz CT molecular complexity index is 601. The van der Waals surface area contributed by atoms with E-state index in [2.05, 4.69) is 21.2 Å². The molecule has 0 spiro atoms. The second kappa shape index (κ2) is 5.61. The van der Waals surface area contributed by atoms with Crippen LogP contribution in [0.5, 0.6) is 5.75 Å². The molecular weight excluding hydrogens is 309 g/mol. The molecule has 1 atom stereocenters. The molecule has 2 aromatic rings. The number of anilines is 1. The standard InChI is InChI=1S/C15H15BrFNO/c1-9-7-12(19)4-6-15(9)18-10(2)13-8-11(16)3-5-14(13)17/h3-8,10,18-19H,1-2H3. The lowest BCUT2D eigenvalue weighted by Crippen LogP contribution is -2.09. The molecule has 0 saturated heterocycles. The minimum absolute atomic E-state index is 0.166. The van der Waals surface area contributed by atoms with Gasteiger partial charge in [-0.3, -0.25) is 0 Å². The van der Waals surface area contributed by atoms with Crippen molar-refractivity contribution in [2.24, 2.45) is 0 Å². The third-order valence-electron chi connectivity index (χ3n) is 3.01. The molecule has 0 aromatic heterocycles. The van der Waals surface area contributed by atoms with Crippen LogP contribution in [0.15, 0.2) is 40.9 Å². The highest BCUT2D eigenvalue weighted by atomic mass is 79.9. The molecule has 0 heterocycles. The molecule has 1 unspecified atom stereocenters. The summed E-state index contributed by atoms with van der Waals surface area (Å²) in [5.74, 6) is -0.0102. The Hall–Kier alpha value is -1.55. The van der Waals surface area contributed by atoms with Crippen LogP contribution >= 0.6 is 15.9 Å². The lowest BCUT2D eigenvalue weighted by Gasteiger charge is -2.18. The SMILES string of the molecule is Cc1cc(O)ccc1NC(C)c1cc(Br)ccc1F. The van der Waals surface area contributed by atoms with E-state index in [4.69, 9.17) is 0 Å². The van der Waals surface area contributed by atoms with Crippen molar-refractivity contribution < 1.29 is 9.50 Å². The first-order valence-corrected chi connectivity index (χ1v) is 6.78. The highest BCUT2D eigenvalue weighted by Gasteiger charge is 2.12. The summed E-state index contributed by atoms with van der Waals surface area (Å²) in [6.45, 7) is 3.79. The number of hydrogen-bond acceptors (Lipinski definition) is 2. The first-order valence-electron chi connectivity index (χ1n) is 5.98. The minimum Gasteiger partial charge on any atom is -0.508 e. The van der Waals surface area contributed by atoms with E-state index < -0.39 is 0 Å². The molecule has 0 fully saturated rings. The summed E-state index contributed by atoms with van der Waals surface area (Å²) in [6.07, 6.45) is 0. The van der Waals surface area contributed by atoms with Crippen molar-refractivity contribution in [3.05, 3.63) is 57.8 Å². The third-order valence-corrected chi connectivity index (χ3v) is 3.50. The number of benzene rings is 2. The molecule has 0 aliphatic carbocycles. The number of aryl methyl sites for hydroxylation is 1. The molecular formula is C15H15BrFNO. The highest BCUT2D eigenvalue weighted by molar-refractivity contribution is 9.10. The first-order chi connectivity index (χ1) is 8.97. The number of phenols is 1. The van der Waals surface area contributed by atoms with Crippen LogP contribution in [0.2, 0.25) is 0 Å². The second-order valence-corrected chi connectivity index (χ2v) is 5.45. The average Bonchev–Trinajstić information content (AvgIpc) is 2.35. The molecule has 0 radical (unpaired) electrons. The molecule has 19 heavy (non-hydrogen) atoms. The maximum absolute atomic E-state index is 13.8. The van der Waals surface area contributed by atoms with Gasteiger partial charge in [-0.15, -0.1) is 0 Å². The van der Waals surface area contributed by atoms with Gasteiger partial charge in [0, 0.05) is 15.7 Å². The van der Waals surface area contributed by atoms with Gasteiger partial charge < -0.3 is 10.4 Å². The Morgan fingerprint density at radius 3 is 2.63 bits per heavy atom. The topological polar surface area (TPSA) is 32.3 Å². The zero-order valence-corrected chi connectivity index (χ0v) is 12.3. The van der Waals surface area contributed by atoms with E-state index in [0.29, 0.717) is 5.56 Å². The van der Waals surface area contributed by atoms with Crippen molar-refractivity contribution >= 4 is 21.6 Å². The first kappa shape index (κ1) is 13.9. The van der Waals surface area contributed by atoms with Gasteiger partial charge in [-0.2, -0.15) is 0 Å². The zero-order valence-electron chi connectivity index (χ0n) is 10.7. The second-order valence-electron chi connectivity index (χ2n) is 4.53. The Balaban J connectivity index is 2.25. The third kappa shape index (κ3) is 3.26. The van der Waals surface area contributed by atoms with E-state index in [1.54, 1.807) is 30.3 Å². The Morgan fingerprint density at radius 1 is 1.21 bits per heavy atom.